The zero-order valence-corrected chi connectivity index (χ0v) is 17.4. The number of morpholine rings is 1. The second-order valence-corrected chi connectivity index (χ2v) is 8.20. The minimum atomic E-state index is 0.0723. The number of hydrogen-bond donors (Lipinski definition) is 0. The van der Waals surface area contributed by atoms with Crippen molar-refractivity contribution in [2.75, 3.05) is 39.4 Å². The summed E-state index contributed by atoms with van der Waals surface area (Å²) in [5.74, 6) is 0.723. The number of benzene rings is 1. The zero-order valence-electron chi connectivity index (χ0n) is 17.4. The Hall–Kier alpha value is -2.18. The van der Waals surface area contributed by atoms with Crippen molar-refractivity contribution >= 4 is 5.91 Å². The van der Waals surface area contributed by atoms with E-state index in [0.29, 0.717) is 11.6 Å². The number of aryl methyl sites for hydroxylation is 1. The van der Waals surface area contributed by atoms with Crippen molar-refractivity contribution in [1.82, 2.24) is 19.6 Å². The largest absolute Gasteiger partial charge is 0.379 e. The molecular formula is C23H32N4O2. The van der Waals surface area contributed by atoms with Gasteiger partial charge in [-0.2, -0.15) is 5.10 Å². The molecule has 6 nitrogen and oxygen atoms in total. The van der Waals surface area contributed by atoms with Crippen LogP contribution < -0.4 is 0 Å². The molecule has 4 rings (SSSR count). The number of nitrogens with zero attached hydrogens (tertiary/aromatic N) is 4. The van der Waals surface area contributed by atoms with Crippen LogP contribution in [0.5, 0.6) is 0 Å². The first-order valence-corrected chi connectivity index (χ1v) is 10.9. The van der Waals surface area contributed by atoms with E-state index in [9.17, 15) is 4.79 Å². The first-order valence-electron chi connectivity index (χ1n) is 10.9. The van der Waals surface area contributed by atoms with Gasteiger partial charge >= 0.3 is 0 Å². The molecule has 156 valence electrons. The summed E-state index contributed by atoms with van der Waals surface area (Å²) in [7, 11) is 0. The molecule has 2 saturated heterocycles. The smallest absolute Gasteiger partial charge is 0.274 e. The maximum Gasteiger partial charge on any atom is 0.274 e. The van der Waals surface area contributed by atoms with Crippen LogP contribution in [0.3, 0.4) is 0 Å². The van der Waals surface area contributed by atoms with Gasteiger partial charge in [-0.05, 0) is 49.3 Å². The van der Waals surface area contributed by atoms with Gasteiger partial charge < -0.3 is 9.64 Å². The van der Waals surface area contributed by atoms with E-state index in [1.54, 1.807) is 0 Å². The molecule has 0 N–H and O–H groups in total. The van der Waals surface area contributed by atoms with Crippen LogP contribution in [0.15, 0.2) is 36.5 Å². The van der Waals surface area contributed by atoms with Gasteiger partial charge in [0.15, 0.2) is 0 Å². The summed E-state index contributed by atoms with van der Waals surface area (Å²) in [6.07, 6.45) is 5.11. The van der Waals surface area contributed by atoms with Crippen molar-refractivity contribution in [3.63, 3.8) is 0 Å². The van der Waals surface area contributed by atoms with E-state index in [1.807, 2.05) is 28.8 Å². The molecule has 0 aliphatic carbocycles. The van der Waals surface area contributed by atoms with Gasteiger partial charge in [0.05, 0.1) is 13.2 Å². The van der Waals surface area contributed by atoms with Gasteiger partial charge in [-0.3, -0.25) is 14.4 Å². The van der Waals surface area contributed by atoms with Crippen LogP contribution >= 0.6 is 0 Å². The number of rotatable bonds is 6. The molecule has 0 bridgehead atoms. The SMILES string of the molecule is CCn1ccc(C(=O)N2CCC(Cc3ccc(CN4CCOCC4)cc3)CC2)n1. The Morgan fingerprint density at radius 3 is 2.38 bits per heavy atom. The maximum absolute atomic E-state index is 12.6. The first-order chi connectivity index (χ1) is 14.2. The van der Waals surface area contributed by atoms with E-state index in [4.69, 9.17) is 4.74 Å². The number of ether oxygens (including phenoxy) is 1. The summed E-state index contributed by atoms with van der Waals surface area (Å²) < 4.78 is 7.23. The van der Waals surface area contributed by atoms with Gasteiger partial charge in [-0.1, -0.05) is 24.3 Å². The number of likely N-dealkylation sites (tertiary alicyclic amines) is 1. The van der Waals surface area contributed by atoms with Gasteiger partial charge in [0.1, 0.15) is 5.69 Å². The average Bonchev–Trinajstić information content (AvgIpc) is 3.25. The predicted octanol–water partition coefficient (Wildman–Crippen LogP) is 2.83. The highest BCUT2D eigenvalue weighted by molar-refractivity contribution is 5.92. The summed E-state index contributed by atoms with van der Waals surface area (Å²) in [5, 5.41) is 4.36. The monoisotopic (exact) mass is 396 g/mol. The Balaban J connectivity index is 1.24. The Labute approximate surface area is 173 Å². The van der Waals surface area contributed by atoms with E-state index in [2.05, 4.69) is 34.3 Å². The molecular weight excluding hydrogens is 364 g/mol. The fourth-order valence-corrected chi connectivity index (χ4v) is 4.29. The number of hydrogen-bond acceptors (Lipinski definition) is 4. The second kappa shape index (κ2) is 9.55. The predicted molar refractivity (Wildman–Crippen MR) is 113 cm³/mol. The lowest BCUT2D eigenvalue weighted by Crippen LogP contribution is -2.39. The third-order valence-corrected chi connectivity index (χ3v) is 6.14. The Kier molecular flexibility index (Phi) is 6.62. The standard InChI is InChI=1S/C23H32N4O2/c1-2-27-12-9-22(24-27)23(28)26-10-7-20(8-11-26)17-19-3-5-21(6-4-19)18-25-13-15-29-16-14-25/h3-6,9,12,20H,2,7-8,10-11,13-18H2,1H3. The molecule has 2 aliphatic heterocycles. The molecule has 2 aliphatic rings. The van der Waals surface area contributed by atoms with Crippen molar-refractivity contribution in [2.24, 2.45) is 5.92 Å². The number of aromatic nitrogens is 2. The molecule has 6 heteroatoms. The van der Waals surface area contributed by atoms with Crippen molar-refractivity contribution < 1.29 is 9.53 Å². The van der Waals surface area contributed by atoms with E-state index in [0.717, 1.165) is 71.7 Å². The summed E-state index contributed by atoms with van der Waals surface area (Å²) in [6.45, 7) is 9.24. The molecule has 2 fully saturated rings. The molecule has 0 spiro atoms. The zero-order chi connectivity index (χ0) is 20.1. The lowest BCUT2D eigenvalue weighted by Gasteiger charge is -2.31. The lowest BCUT2D eigenvalue weighted by atomic mass is 9.90. The number of amides is 1. The van der Waals surface area contributed by atoms with Crippen LogP contribution in [-0.4, -0.2) is 64.9 Å². The van der Waals surface area contributed by atoms with E-state index in [1.165, 1.54) is 11.1 Å². The molecule has 3 heterocycles. The van der Waals surface area contributed by atoms with Crippen LogP contribution in [0.1, 0.15) is 41.4 Å². The number of piperidine rings is 1. The molecule has 0 unspecified atom stereocenters. The van der Waals surface area contributed by atoms with Crippen molar-refractivity contribution in [3.05, 3.63) is 53.3 Å². The first kappa shape index (κ1) is 20.1. The van der Waals surface area contributed by atoms with E-state index >= 15 is 0 Å². The van der Waals surface area contributed by atoms with E-state index < -0.39 is 0 Å². The van der Waals surface area contributed by atoms with Crippen molar-refractivity contribution in [1.29, 1.82) is 0 Å². The summed E-state index contributed by atoms with van der Waals surface area (Å²) in [6, 6.07) is 10.9. The average molecular weight is 397 g/mol. The second-order valence-electron chi connectivity index (χ2n) is 8.20. The molecule has 0 radical (unpaired) electrons. The fourth-order valence-electron chi connectivity index (χ4n) is 4.29. The molecule has 1 aromatic heterocycles. The van der Waals surface area contributed by atoms with Gasteiger partial charge in [0.2, 0.25) is 0 Å². The fraction of sp³-hybridized carbons (Fsp3) is 0.565. The summed E-state index contributed by atoms with van der Waals surface area (Å²) in [5.41, 5.74) is 3.35. The lowest BCUT2D eigenvalue weighted by molar-refractivity contribution is 0.0342. The topological polar surface area (TPSA) is 50.6 Å². The van der Waals surface area contributed by atoms with Crippen molar-refractivity contribution in [3.8, 4) is 0 Å². The highest BCUT2D eigenvalue weighted by Crippen LogP contribution is 2.23. The van der Waals surface area contributed by atoms with Gasteiger partial charge in [-0.25, -0.2) is 0 Å². The van der Waals surface area contributed by atoms with Crippen LogP contribution in [0.25, 0.3) is 0 Å². The third kappa shape index (κ3) is 5.25. The number of carbonyl (C=O) groups excluding carboxylic acids is 1. The van der Waals surface area contributed by atoms with Crippen molar-refractivity contribution in [2.45, 2.75) is 39.3 Å². The van der Waals surface area contributed by atoms with Crippen LogP contribution in [0.2, 0.25) is 0 Å². The Morgan fingerprint density at radius 2 is 1.72 bits per heavy atom. The van der Waals surface area contributed by atoms with Gasteiger partial charge in [0, 0.05) is 45.5 Å². The molecule has 0 atom stereocenters. The Bertz CT molecular complexity index is 787. The van der Waals surface area contributed by atoms with Crippen LogP contribution in [0, 0.1) is 5.92 Å². The minimum absolute atomic E-state index is 0.0723. The van der Waals surface area contributed by atoms with E-state index in [-0.39, 0.29) is 5.91 Å². The molecule has 29 heavy (non-hydrogen) atoms. The highest BCUT2D eigenvalue weighted by Gasteiger charge is 2.25. The van der Waals surface area contributed by atoms with Crippen LogP contribution in [0.4, 0.5) is 0 Å². The number of carbonyl (C=O) groups is 1. The molecule has 1 amide bonds. The maximum atomic E-state index is 12.6. The molecule has 1 aromatic carbocycles. The van der Waals surface area contributed by atoms with Gasteiger partial charge in [0.25, 0.3) is 5.91 Å². The van der Waals surface area contributed by atoms with Gasteiger partial charge in [-0.15, -0.1) is 0 Å². The Morgan fingerprint density at radius 1 is 1.03 bits per heavy atom. The molecule has 2 aromatic rings. The summed E-state index contributed by atoms with van der Waals surface area (Å²) >= 11 is 0. The summed E-state index contributed by atoms with van der Waals surface area (Å²) in [4.78, 5) is 17.0. The van der Waals surface area contributed by atoms with Crippen LogP contribution in [-0.2, 0) is 24.2 Å². The normalized spacial score (nSPS) is 18.9. The quantitative estimate of drug-likeness (QED) is 0.753. The minimum Gasteiger partial charge on any atom is -0.379 e. The third-order valence-electron chi connectivity index (χ3n) is 6.14. The highest BCUT2D eigenvalue weighted by atomic mass is 16.5. The molecule has 0 saturated carbocycles.